The van der Waals surface area contributed by atoms with Crippen LogP contribution in [0, 0.1) is 0 Å². The van der Waals surface area contributed by atoms with Crippen molar-refractivity contribution in [3.05, 3.63) is 71.8 Å². The Morgan fingerprint density at radius 1 is 0.650 bits per heavy atom. The summed E-state index contributed by atoms with van der Waals surface area (Å²) in [5.41, 5.74) is 3.07. The molecule has 0 radical (unpaired) electrons. The van der Waals surface area contributed by atoms with Gasteiger partial charge in [-0.3, -0.25) is 0 Å². The zero-order valence-corrected chi connectivity index (χ0v) is 11.5. The van der Waals surface area contributed by atoms with Crippen molar-refractivity contribution in [1.29, 1.82) is 0 Å². The molecule has 0 aliphatic rings. The van der Waals surface area contributed by atoms with Gasteiger partial charge in [-0.2, -0.15) is 0 Å². The van der Waals surface area contributed by atoms with Gasteiger partial charge in [-0.15, -0.1) is 0 Å². The number of hydrogen-bond acceptors (Lipinski definition) is 4. The summed E-state index contributed by atoms with van der Waals surface area (Å²) in [6, 6.07) is 19.5. The van der Waals surface area contributed by atoms with Crippen LogP contribution in [0.4, 0.5) is 0 Å². The first-order valence-corrected chi connectivity index (χ1v) is 6.20. The Balaban J connectivity index is 2.51. The Labute approximate surface area is 118 Å². The third-order valence-electron chi connectivity index (χ3n) is 2.68. The summed E-state index contributed by atoms with van der Waals surface area (Å²) >= 11 is 0. The van der Waals surface area contributed by atoms with Gasteiger partial charge in [0.2, 0.25) is 0 Å². The number of hydrogen-bond donors (Lipinski definition) is 0. The molecular formula is C16H16N2O2. The average molecular weight is 268 g/mol. The normalized spacial score (nSPS) is 12.1. The van der Waals surface area contributed by atoms with E-state index in [0.717, 1.165) is 11.1 Å². The number of nitrogens with zero attached hydrogens (tertiary/aromatic N) is 2. The lowest BCUT2D eigenvalue weighted by Gasteiger charge is -2.09. The summed E-state index contributed by atoms with van der Waals surface area (Å²) in [4.78, 5) is 9.92. The van der Waals surface area contributed by atoms with E-state index in [0.29, 0.717) is 11.4 Å². The Kier molecular flexibility index (Phi) is 4.89. The van der Waals surface area contributed by atoms with Gasteiger partial charge in [-0.05, 0) is 0 Å². The van der Waals surface area contributed by atoms with Gasteiger partial charge >= 0.3 is 0 Å². The van der Waals surface area contributed by atoms with Gasteiger partial charge in [0.1, 0.15) is 25.6 Å². The van der Waals surface area contributed by atoms with E-state index in [1.165, 1.54) is 14.2 Å². The van der Waals surface area contributed by atoms with Gasteiger partial charge in [0.05, 0.1) is 0 Å². The van der Waals surface area contributed by atoms with Crippen molar-refractivity contribution in [3.63, 3.8) is 0 Å². The topological polar surface area (TPSA) is 43.2 Å². The van der Waals surface area contributed by atoms with Crippen LogP contribution >= 0.6 is 0 Å². The quantitative estimate of drug-likeness (QED) is 0.617. The van der Waals surface area contributed by atoms with Crippen LogP contribution in [0.2, 0.25) is 0 Å². The second-order valence-corrected chi connectivity index (χ2v) is 3.98. The van der Waals surface area contributed by atoms with Crippen LogP contribution < -0.4 is 0 Å². The van der Waals surface area contributed by atoms with Crippen molar-refractivity contribution in [1.82, 2.24) is 0 Å². The Bertz CT molecular complexity index is 537. The van der Waals surface area contributed by atoms with Crippen molar-refractivity contribution in [2.75, 3.05) is 14.2 Å². The Hall–Kier alpha value is -2.62. The second-order valence-electron chi connectivity index (χ2n) is 3.98. The van der Waals surface area contributed by atoms with Crippen molar-refractivity contribution in [2.24, 2.45) is 10.3 Å². The molecule has 102 valence electrons. The van der Waals surface area contributed by atoms with Gasteiger partial charge in [0.25, 0.3) is 0 Å². The fourth-order valence-corrected chi connectivity index (χ4v) is 1.84. The maximum atomic E-state index is 4.96. The monoisotopic (exact) mass is 268 g/mol. The molecule has 0 spiro atoms. The molecule has 0 aromatic heterocycles. The van der Waals surface area contributed by atoms with E-state index in [1.54, 1.807) is 0 Å². The fourth-order valence-electron chi connectivity index (χ4n) is 1.84. The van der Waals surface area contributed by atoms with Crippen molar-refractivity contribution in [3.8, 4) is 0 Å². The van der Waals surface area contributed by atoms with Crippen molar-refractivity contribution in [2.45, 2.75) is 0 Å². The van der Waals surface area contributed by atoms with E-state index in [2.05, 4.69) is 10.3 Å². The molecule has 4 nitrogen and oxygen atoms in total. The van der Waals surface area contributed by atoms with E-state index in [4.69, 9.17) is 9.68 Å². The first kappa shape index (κ1) is 13.8. The van der Waals surface area contributed by atoms with Crippen LogP contribution in [0.15, 0.2) is 71.0 Å². The summed E-state index contributed by atoms with van der Waals surface area (Å²) in [5.74, 6) is 0. The fraction of sp³-hybridized carbons (Fsp3) is 0.125. The molecule has 2 rings (SSSR count). The van der Waals surface area contributed by atoms with Gasteiger partial charge < -0.3 is 9.68 Å². The highest BCUT2D eigenvalue weighted by Gasteiger charge is 2.15. The molecule has 0 fully saturated rings. The van der Waals surface area contributed by atoms with Crippen LogP contribution in [-0.4, -0.2) is 25.6 Å². The summed E-state index contributed by atoms with van der Waals surface area (Å²) < 4.78 is 0. The summed E-state index contributed by atoms with van der Waals surface area (Å²) in [6.45, 7) is 0. The minimum Gasteiger partial charge on any atom is -0.399 e. The predicted molar refractivity (Wildman–Crippen MR) is 80.0 cm³/mol. The van der Waals surface area contributed by atoms with Gasteiger partial charge in [-0.25, -0.2) is 0 Å². The highest BCUT2D eigenvalue weighted by molar-refractivity contribution is 6.53. The number of rotatable bonds is 5. The largest absolute Gasteiger partial charge is 0.399 e. The Morgan fingerprint density at radius 2 is 1.00 bits per heavy atom. The number of benzene rings is 2. The molecule has 2 aromatic carbocycles. The molecule has 0 aliphatic heterocycles. The molecule has 0 amide bonds. The van der Waals surface area contributed by atoms with Gasteiger partial charge in [0.15, 0.2) is 0 Å². The molecule has 0 atom stereocenters. The lowest BCUT2D eigenvalue weighted by Crippen LogP contribution is -2.18. The summed E-state index contributed by atoms with van der Waals surface area (Å²) in [5, 5.41) is 8.19. The van der Waals surface area contributed by atoms with E-state index in [-0.39, 0.29) is 0 Å². The zero-order valence-electron chi connectivity index (χ0n) is 11.5. The highest BCUT2D eigenvalue weighted by Crippen LogP contribution is 2.11. The van der Waals surface area contributed by atoms with Crippen LogP contribution in [0.25, 0.3) is 0 Å². The average Bonchev–Trinajstić information content (AvgIpc) is 2.52. The first-order valence-electron chi connectivity index (χ1n) is 6.20. The summed E-state index contributed by atoms with van der Waals surface area (Å²) in [6.07, 6.45) is 0. The van der Waals surface area contributed by atoms with Gasteiger partial charge in [-0.1, -0.05) is 71.0 Å². The van der Waals surface area contributed by atoms with E-state index in [9.17, 15) is 0 Å². The van der Waals surface area contributed by atoms with E-state index >= 15 is 0 Å². The zero-order chi connectivity index (χ0) is 14.2. The molecule has 0 saturated carbocycles. The van der Waals surface area contributed by atoms with Crippen LogP contribution in [-0.2, 0) is 9.68 Å². The third kappa shape index (κ3) is 3.23. The molecule has 0 bridgehead atoms. The molecule has 4 heteroatoms. The molecule has 0 saturated heterocycles. The smallest absolute Gasteiger partial charge is 0.139 e. The van der Waals surface area contributed by atoms with Crippen molar-refractivity contribution >= 4 is 11.4 Å². The minimum absolute atomic E-state index is 0.626. The maximum Gasteiger partial charge on any atom is 0.139 e. The standard InChI is InChI=1S/C16H16N2O2/c1-19-17-15(13-9-5-3-6-10-13)16(18-20-2)14-11-7-4-8-12-14/h3-12H,1-2H3/b17-15+,18-16+. The van der Waals surface area contributed by atoms with E-state index in [1.807, 2.05) is 60.7 Å². The molecule has 0 N–H and O–H groups in total. The molecule has 0 aliphatic carbocycles. The summed E-state index contributed by atoms with van der Waals surface area (Å²) in [7, 11) is 3.02. The predicted octanol–water partition coefficient (Wildman–Crippen LogP) is 3.09. The molecule has 0 unspecified atom stereocenters. The van der Waals surface area contributed by atoms with E-state index < -0.39 is 0 Å². The number of oxime groups is 2. The van der Waals surface area contributed by atoms with Gasteiger partial charge in [0, 0.05) is 11.1 Å². The van der Waals surface area contributed by atoms with Crippen LogP contribution in [0.5, 0.6) is 0 Å². The van der Waals surface area contributed by atoms with Crippen LogP contribution in [0.3, 0.4) is 0 Å². The SMILES string of the molecule is CO/N=C(/C(=N/OC)c1ccccc1)c1ccccc1. The molecule has 0 heterocycles. The molecule has 20 heavy (non-hydrogen) atoms. The highest BCUT2D eigenvalue weighted by atomic mass is 16.6. The second kappa shape index (κ2) is 7.09. The molecule has 2 aromatic rings. The first-order chi connectivity index (χ1) is 9.86. The lowest BCUT2D eigenvalue weighted by molar-refractivity contribution is 0.210. The lowest BCUT2D eigenvalue weighted by atomic mass is 10.00. The maximum absolute atomic E-state index is 4.96. The van der Waals surface area contributed by atoms with Crippen molar-refractivity contribution < 1.29 is 9.68 Å². The third-order valence-corrected chi connectivity index (χ3v) is 2.68. The molecular weight excluding hydrogens is 252 g/mol. The van der Waals surface area contributed by atoms with Crippen LogP contribution in [0.1, 0.15) is 11.1 Å². The minimum atomic E-state index is 0.626. The Morgan fingerprint density at radius 3 is 1.30 bits per heavy atom.